The van der Waals surface area contributed by atoms with E-state index >= 15 is 0 Å². The van der Waals surface area contributed by atoms with E-state index in [-0.39, 0.29) is 0 Å². The quantitative estimate of drug-likeness (QED) is 0.896. The van der Waals surface area contributed by atoms with E-state index in [1.807, 2.05) is 0 Å². The minimum absolute atomic E-state index is 0.606. The maximum absolute atomic E-state index is 5.67. The molecule has 0 radical (unpaired) electrons. The second kappa shape index (κ2) is 4.53. The van der Waals surface area contributed by atoms with Gasteiger partial charge in [-0.1, -0.05) is 17.2 Å². The molecule has 1 fully saturated rings. The molecule has 1 N–H and O–H groups in total. The molecule has 1 saturated carbocycles. The average molecular weight is 243 g/mol. The summed E-state index contributed by atoms with van der Waals surface area (Å²) in [6, 6.07) is 6.92. The Balaban J connectivity index is 1.78. The number of aryl methyl sites for hydroxylation is 2. The first kappa shape index (κ1) is 11.4. The van der Waals surface area contributed by atoms with E-state index < -0.39 is 0 Å². The van der Waals surface area contributed by atoms with Gasteiger partial charge in [-0.25, -0.2) is 0 Å². The third-order valence-electron chi connectivity index (χ3n) is 3.05. The van der Waals surface area contributed by atoms with Crippen molar-refractivity contribution in [3.8, 4) is 11.5 Å². The first-order valence-corrected chi connectivity index (χ1v) is 6.35. The highest BCUT2D eigenvalue weighted by molar-refractivity contribution is 5.55. The summed E-state index contributed by atoms with van der Waals surface area (Å²) < 4.78 is 5.67. The second-order valence-electron chi connectivity index (χ2n) is 5.03. The SMILES string of the molecule is Cc1cc(C)cc(-c2nnc(CNC3CC3)o2)c1. The topological polar surface area (TPSA) is 51.0 Å². The Hall–Kier alpha value is -1.68. The molecule has 1 aliphatic carbocycles. The summed E-state index contributed by atoms with van der Waals surface area (Å²) in [6.07, 6.45) is 2.52. The van der Waals surface area contributed by atoms with E-state index in [2.05, 4.69) is 47.6 Å². The molecule has 1 aromatic carbocycles. The van der Waals surface area contributed by atoms with Crippen molar-refractivity contribution < 1.29 is 4.42 Å². The van der Waals surface area contributed by atoms with Crippen LogP contribution in [0.3, 0.4) is 0 Å². The minimum atomic E-state index is 0.606. The van der Waals surface area contributed by atoms with Gasteiger partial charge in [0.1, 0.15) is 0 Å². The Morgan fingerprint density at radius 2 is 1.89 bits per heavy atom. The summed E-state index contributed by atoms with van der Waals surface area (Å²) >= 11 is 0. The molecule has 1 aromatic heterocycles. The van der Waals surface area contributed by atoms with E-state index in [0.29, 0.717) is 24.4 Å². The maximum Gasteiger partial charge on any atom is 0.247 e. The monoisotopic (exact) mass is 243 g/mol. The first-order chi connectivity index (χ1) is 8.70. The van der Waals surface area contributed by atoms with Crippen LogP contribution in [0.25, 0.3) is 11.5 Å². The van der Waals surface area contributed by atoms with Crippen molar-refractivity contribution in [2.24, 2.45) is 0 Å². The maximum atomic E-state index is 5.67. The van der Waals surface area contributed by atoms with Crippen molar-refractivity contribution in [1.29, 1.82) is 0 Å². The first-order valence-electron chi connectivity index (χ1n) is 6.35. The van der Waals surface area contributed by atoms with E-state index in [1.165, 1.54) is 24.0 Å². The molecule has 0 spiro atoms. The van der Waals surface area contributed by atoms with Crippen LogP contribution in [0.15, 0.2) is 22.6 Å². The summed E-state index contributed by atoms with van der Waals surface area (Å²) in [5.74, 6) is 1.27. The Labute approximate surface area is 106 Å². The summed E-state index contributed by atoms with van der Waals surface area (Å²) in [7, 11) is 0. The fourth-order valence-electron chi connectivity index (χ4n) is 2.06. The Kier molecular flexibility index (Phi) is 2.88. The van der Waals surface area contributed by atoms with Gasteiger partial charge in [0.25, 0.3) is 0 Å². The van der Waals surface area contributed by atoms with Crippen molar-refractivity contribution in [3.63, 3.8) is 0 Å². The predicted octanol–water partition coefficient (Wildman–Crippen LogP) is 2.61. The molecule has 94 valence electrons. The normalized spacial score (nSPS) is 15.0. The van der Waals surface area contributed by atoms with Crippen LogP contribution in [0.2, 0.25) is 0 Å². The van der Waals surface area contributed by atoms with Gasteiger partial charge >= 0.3 is 0 Å². The molecule has 2 aromatic rings. The van der Waals surface area contributed by atoms with Gasteiger partial charge in [-0.2, -0.15) is 0 Å². The number of aromatic nitrogens is 2. The summed E-state index contributed by atoms with van der Waals surface area (Å²) in [5.41, 5.74) is 3.42. The molecule has 4 heteroatoms. The van der Waals surface area contributed by atoms with Crippen molar-refractivity contribution >= 4 is 0 Å². The van der Waals surface area contributed by atoms with Crippen molar-refractivity contribution in [1.82, 2.24) is 15.5 Å². The van der Waals surface area contributed by atoms with E-state index in [0.717, 1.165) is 5.56 Å². The van der Waals surface area contributed by atoms with Gasteiger partial charge in [0.15, 0.2) is 0 Å². The standard InChI is InChI=1S/C14H17N3O/c1-9-5-10(2)7-11(6-9)14-17-16-13(18-14)8-15-12-3-4-12/h5-7,12,15H,3-4,8H2,1-2H3. The molecule has 4 nitrogen and oxygen atoms in total. The third-order valence-corrected chi connectivity index (χ3v) is 3.05. The van der Waals surface area contributed by atoms with Gasteiger partial charge in [0.2, 0.25) is 11.8 Å². The zero-order valence-electron chi connectivity index (χ0n) is 10.7. The van der Waals surface area contributed by atoms with Crippen molar-refractivity contribution in [2.45, 2.75) is 39.3 Å². The number of hydrogen-bond donors (Lipinski definition) is 1. The predicted molar refractivity (Wildman–Crippen MR) is 69.1 cm³/mol. The molecule has 0 unspecified atom stereocenters. The van der Waals surface area contributed by atoms with Gasteiger partial charge in [0.05, 0.1) is 6.54 Å². The molecule has 0 aliphatic heterocycles. The van der Waals surface area contributed by atoms with Crippen LogP contribution in [-0.4, -0.2) is 16.2 Å². The fraction of sp³-hybridized carbons (Fsp3) is 0.429. The summed E-state index contributed by atoms with van der Waals surface area (Å²) in [4.78, 5) is 0. The largest absolute Gasteiger partial charge is 0.419 e. The lowest BCUT2D eigenvalue weighted by molar-refractivity contribution is 0.476. The smallest absolute Gasteiger partial charge is 0.247 e. The van der Waals surface area contributed by atoms with E-state index in [1.54, 1.807) is 0 Å². The molecule has 0 bridgehead atoms. The Bertz CT molecular complexity index is 538. The number of rotatable bonds is 4. The molecular weight excluding hydrogens is 226 g/mol. The number of hydrogen-bond acceptors (Lipinski definition) is 4. The van der Waals surface area contributed by atoms with Gasteiger partial charge in [-0.05, 0) is 38.8 Å². The second-order valence-corrected chi connectivity index (χ2v) is 5.03. The van der Waals surface area contributed by atoms with Crippen LogP contribution in [0, 0.1) is 13.8 Å². The van der Waals surface area contributed by atoms with Crippen LogP contribution in [0.5, 0.6) is 0 Å². The molecule has 1 heterocycles. The highest BCUT2D eigenvalue weighted by Crippen LogP contribution is 2.22. The number of nitrogens with zero attached hydrogens (tertiary/aromatic N) is 2. The molecule has 0 amide bonds. The van der Waals surface area contributed by atoms with Crippen LogP contribution >= 0.6 is 0 Å². The molecule has 3 rings (SSSR count). The minimum Gasteiger partial charge on any atom is -0.419 e. The highest BCUT2D eigenvalue weighted by atomic mass is 16.4. The Morgan fingerprint density at radius 3 is 2.56 bits per heavy atom. The number of nitrogens with one attached hydrogen (secondary N) is 1. The van der Waals surface area contributed by atoms with E-state index in [9.17, 15) is 0 Å². The van der Waals surface area contributed by atoms with Gasteiger partial charge in [-0.3, -0.25) is 0 Å². The zero-order valence-corrected chi connectivity index (χ0v) is 10.7. The Morgan fingerprint density at radius 1 is 1.17 bits per heavy atom. The molecule has 18 heavy (non-hydrogen) atoms. The lowest BCUT2D eigenvalue weighted by atomic mass is 10.1. The van der Waals surface area contributed by atoms with Crippen LogP contribution < -0.4 is 5.32 Å². The lowest BCUT2D eigenvalue weighted by Gasteiger charge is -2.00. The zero-order chi connectivity index (χ0) is 12.5. The van der Waals surface area contributed by atoms with Gasteiger partial charge in [-0.15, -0.1) is 10.2 Å². The molecule has 1 aliphatic rings. The molecular formula is C14H17N3O. The van der Waals surface area contributed by atoms with E-state index in [4.69, 9.17) is 4.42 Å². The fourth-order valence-corrected chi connectivity index (χ4v) is 2.06. The lowest BCUT2D eigenvalue weighted by Crippen LogP contribution is -2.15. The third kappa shape index (κ3) is 2.59. The van der Waals surface area contributed by atoms with Crippen molar-refractivity contribution in [3.05, 3.63) is 35.2 Å². The van der Waals surface area contributed by atoms with Gasteiger partial charge in [0, 0.05) is 11.6 Å². The summed E-state index contributed by atoms with van der Waals surface area (Å²) in [6.45, 7) is 4.81. The van der Waals surface area contributed by atoms with Gasteiger partial charge < -0.3 is 9.73 Å². The molecule has 0 atom stereocenters. The van der Waals surface area contributed by atoms with Crippen LogP contribution in [0.4, 0.5) is 0 Å². The number of benzene rings is 1. The summed E-state index contributed by atoms with van der Waals surface area (Å²) in [5, 5.41) is 11.5. The molecule has 0 saturated heterocycles. The van der Waals surface area contributed by atoms with Crippen LogP contribution in [-0.2, 0) is 6.54 Å². The average Bonchev–Trinajstić information content (AvgIpc) is 3.02. The van der Waals surface area contributed by atoms with Crippen molar-refractivity contribution in [2.75, 3.05) is 0 Å². The van der Waals surface area contributed by atoms with Crippen LogP contribution in [0.1, 0.15) is 29.9 Å². The highest BCUT2D eigenvalue weighted by Gasteiger charge is 2.21.